The van der Waals surface area contributed by atoms with Gasteiger partial charge in [0.05, 0.1) is 0 Å². The maximum atomic E-state index is 11.8. The molecule has 2 aromatic carbocycles. The smallest absolute Gasteiger partial charge is 0.221 e. The Kier molecular flexibility index (Phi) is 6.65. The fraction of sp³-hybridized carbons (Fsp3) is 0.316. The summed E-state index contributed by atoms with van der Waals surface area (Å²) in [6, 6.07) is 18.5. The first-order chi connectivity index (χ1) is 10.8. The van der Waals surface area contributed by atoms with Crippen molar-refractivity contribution in [3.63, 3.8) is 0 Å². The standard InChI is InChI=1S/C19H24N2O/c1-16-7-5-6-10-18(16)15-20-13-12-19(22)21-14-11-17-8-3-2-4-9-17/h2-10,20H,11-15H2,1H3,(H,21,22). The lowest BCUT2D eigenvalue weighted by atomic mass is 10.1. The van der Waals surface area contributed by atoms with Crippen molar-refractivity contribution in [2.75, 3.05) is 13.1 Å². The van der Waals surface area contributed by atoms with Crippen LogP contribution in [0.5, 0.6) is 0 Å². The monoisotopic (exact) mass is 296 g/mol. The number of carbonyl (C=O) groups excluding carboxylic acids is 1. The Morgan fingerprint density at radius 3 is 2.45 bits per heavy atom. The van der Waals surface area contributed by atoms with Crippen LogP contribution < -0.4 is 10.6 Å². The van der Waals surface area contributed by atoms with E-state index in [1.54, 1.807) is 0 Å². The highest BCUT2D eigenvalue weighted by Gasteiger charge is 2.01. The van der Waals surface area contributed by atoms with Crippen LogP contribution in [0.2, 0.25) is 0 Å². The fourth-order valence-corrected chi connectivity index (χ4v) is 2.31. The Hall–Kier alpha value is -2.13. The van der Waals surface area contributed by atoms with E-state index in [0.717, 1.165) is 13.0 Å². The third-order valence-electron chi connectivity index (χ3n) is 3.68. The van der Waals surface area contributed by atoms with Gasteiger partial charge in [0.15, 0.2) is 0 Å². The van der Waals surface area contributed by atoms with Crippen LogP contribution in [-0.4, -0.2) is 19.0 Å². The molecule has 22 heavy (non-hydrogen) atoms. The number of carbonyl (C=O) groups is 1. The first-order valence-corrected chi connectivity index (χ1v) is 7.81. The van der Waals surface area contributed by atoms with E-state index in [1.165, 1.54) is 16.7 Å². The molecule has 0 heterocycles. The molecule has 0 radical (unpaired) electrons. The third kappa shape index (κ3) is 5.70. The number of benzene rings is 2. The summed E-state index contributed by atoms with van der Waals surface area (Å²) in [7, 11) is 0. The zero-order valence-corrected chi connectivity index (χ0v) is 13.1. The summed E-state index contributed by atoms with van der Waals surface area (Å²) in [6.45, 7) is 4.31. The van der Waals surface area contributed by atoms with Crippen molar-refractivity contribution >= 4 is 5.91 Å². The zero-order chi connectivity index (χ0) is 15.6. The highest BCUT2D eigenvalue weighted by Crippen LogP contribution is 2.05. The summed E-state index contributed by atoms with van der Waals surface area (Å²) in [5, 5.41) is 6.28. The lowest BCUT2D eigenvalue weighted by molar-refractivity contribution is -0.120. The van der Waals surface area contributed by atoms with Gasteiger partial charge in [-0.3, -0.25) is 4.79 Å². The molecule has 0 saturated heterocycles. The molecule has 0 unspecified atom stereocenters. The molecule has 2 rings (SSSR count). The molecule has 1 amide bonds. The van der Waals surface area contributed by atoms with Crippen LogP contribution in [0.3, 0.4) is 0 Å². The predicted octanol–water partition coefficient (Wildman–Crippen LogP) is 2.83. The molecule has 0 aromatic heterocycles. The number of aryl methyl sites for hydroxylation is 1. The van der Waals surface area contributed by atoms with Crippen molar-refractivity contribution in [2.45, 2.75) is 26.3 Å². The molecule has 0 bridgehead atoms. The highest BCUT2D eigenvalue weighted by atomic mass is 16.1. The molecule has 0 aliphatic rings. The molecule has 0 fully saturated rings. The van der Waals surface area contributed by atoms with E-state index < -0.39 is 0 Å². The Balaban J connectivity index is 1.57. The van der Waals surface area contributed by atoms with Crippen molar-refractivity contribution in [1.82, 2.24) is 10.6 Å². The van der Waals surface area contributed by atoms with Crippen LogP contribution in [0.15, 0.2) is 54.6 Å². The highest BCUT2D eigenvalue weighted by molar-refractivity contribution is 5.76. The zero-order valence-electron chi connectivity index (χ0n) is 13.1. The van der Waals surface area contributed by atoms with Gasteiger partial charge in [-0.25, -0.2) is 0 Å². The maximum absolute atomic E-state index is 11.8. The molecular formula is C19H24N2O. The first-order valence-electron chi connectivity index (χ1n) is 7.81. The predicted molar refractivity (Wildman–Crippen MR) is 90.7 cm³/mol. The van der Waals surface area contributed by atoms with Crippen molar-refractivity contribution in [3.05, 3.63) is 71.3 Å². The van der Waals surface area contributed by atoms with Gasteiger partial charge < -0.3 is 10.6 Å². The van der Waals surface area contributed by atoms with Crippen LogP contribution in [0.1, 0.15) is 23.1 Å². The van der Waals surface area contributed by atoms with Crippen LogP contribution >= 0.6 is 0 Å². The van der Waals surface area contributed by atoms with E-state index in [0.29, 0.717) is 19.5 Å². The lowest BCUT2D eigenvalue weighted by Crippen LogP contribution is -2.29. The van der Waals surface area contributed by atoms with Crippen molar-refractivity contribution in [2.24, 2.45) is 0 Å². The summed E-state index contributed by atoms with van der Waals surface area (Å²) < 4.78 is 0. The van der Waals surface area contributed by atoms with Gasteiger partial charge in [0, 0.05) is 26.1 Å². The van der Waals surface area contributed by atoms with E-state index in [1.807, 2.05) is 30.3 Å². The SMILES string of the molecule is Cc1ccccc1CNCCC(=O)NCCc1ccccc1. The second-order valence-corrected chi connectivity index (χ2v) is 5.44. The van der Waals surface area contributed by atoms with Crippen molar-refractivity contribution < 1.29 is 4.79 Å². The molecule has 0 aliphatic heterocycles. The number of hydrogen-bond donors (Lipinski definition) is 2. The first kappa shape index (κ1) is 16.2. The number of hydrogen-bond acceptors (Lipinski definition) is 2. The van der Waals surface area contributed by atoms with Gasteiger partial charge in [-0.2, -0.15) is 0 Å². The molecule has 0 atom stereocenters. The quantitative estimate of drug-likeness (QED) is 0.736. The Morgan fingerprint density at radius 2 is 1.68 bits per heavy atom. The van der Waals surface area contributed by atoms with Crippen molar-refractivity contribution in [3.8, 4) is 0 Å². The average Bonchev–Trinajstić information content (AvgIpc) is 2.54. The Labute approximate surface area is 132 Å². The Bertz CT molecular complexity index is 581. The molecule has 0 saturated carbocycles. The minimum absolute atomic E-state index is 0.105. The molecule has 3 nitrogen and oxygen atoms in total. The number of rotatable bonds is 8. The molecule has 116 valence electrons. The van der Waals surface area contributed by atoms with E-state index in [9.17, 15) is 4.79 Å². The van der Waals surface area contributed by atoms with Crippen LogP contribution in [0.25, 0.3) is 0 Å². The van der Waals surface area contributed by atoms with Crippen LogP contribution in [0.4, 0.5) is 0 Å². The molecule has 3 heteroatoms. The van der Waals surface area contributed by atoms with Gasteiger partial charge in [-0.15, -0.1) is 0 Å². The second-order valence-electron chi connectivity index (χ2n) is 5.44. The van der Waals surface area contributed by atoms with E-state index >= 15 is 0 Å². The second kappa shape index (κ2) is 9.00. The van der Waals surface area contributed by atoms with E-state index in [-0.39, 0.29) is 5.91 Å². The Morgan fingerprint density at radius 1 is 0.955 bits per heavy atom. The normalized spacial score (nSPS) is 10.4. The van der Waals surface area contributed by atoms with E-state index in [2.05, 4.69) is 41.8 Å². The van der Waals surface area contributed by atoms with Gasteiger partial charge in [0.25, 0.3) is 0 Å². The lowest BCUT2D eigenvalue weighted by Gasteiger charge is -2.08. The average molecular weight is 296 g/mol. The number of amides is 1. The summed E-state index contributed by atoms with van der Waals surface area (Å²) in [5.74, 6) is 0.105. The number of nitrogens with one attached hydrogen (secondary N) is 2. The molecular weight excluding hydrogens is 272 g/mol. The third-order valence-corrected chi connectivity index (χ3v) is 3.68. The molecule has 0 spiro atoms. The molecule has 2 aromatic rings. The minimum atomic E-state index is 0.105. The topological polar surface area (TPSA) is 41.1 Å². The summed E-state index contributed by atoms with van der Waals surface area (Å²) in [6.07, 6.45) is 1.39. The molecule has 0 aliphatic carbocycles. The van der Waals surface area contributed by atoms with Gasteiger partial charge >= 0.3 is 0 Å². The molecule has 2 N–H and O–H groups in total. The van der Waals surface area contributed by atoms with Gasteiger partial charge in [0.2, 0.25) is 5.91 Å². The maximum Gasteiger partial charge on any atom is 0.221 e. The summed E-state index contributed by atoms with van der Waals surface area (Å²) in [5.41, 5.74) is 3.81. The van der Waals surface area contributed by atoms with Crippen molar-refractivity contribution in [1.29, 1.82) is 0 Å². The largest absolute Gasteiger partial charge is 0.356 e. The summed E-state index contributed by atoms with van der Waals surface area (Å²) in [4.78, 5) is 11.8. The minimum Gasteiger partial charge on any atom is -0.356 e. The van der Waals surface area contributed by atoms with Gasteiger partial charge in [0.1, 0.15) is 0 Å². The van der Waals surface area contributed by atoms with Crippen LogP contribution in [0, 0.1) is 6.92 Å². The van der Waals surface area contributed by atoms with Gasteiger partial charge in [-0.05, 0) is 30.0 Å². The fourth-order valence-electron chi connectivity index (χ4n) is 2.31. The van der Waals surface area contributed by atoms with Gasteiger partial charge in [-0.1, -0.05) is 54.6 Å². The van der Waals surface area contributed by atoms with Crippen LogP contribution in [-0.2, 0) is 17.8 Å². The summed E-state index contributed by atoms with van der Waals surface area (Å²) >= 11 is 0. The van der Waals surface area contributed by atoms with E-state index in [4.69, 9.17) is 0 Å².